The van der Waals surface area contributed by atoms with Gasteiger partial charge in [-0.1, -0.05) is 0 Å². The number of hydrogen-bond acceptors (Lipinski definition) is 6. The Kier molecular flexibility index (Phi) is 6.13. The monoisotopic (exact) mass is 335 g/mol. The Morgan fingerprint density at radius 3 is 3.09 bits per heavy atom. The lowest BCUT2D eigenvalue weighted by atomic mass is 9.97. The van der Waals surface area contributed by atoms with Crippen molar-refractivity contribution < 1.29 is 14.3 Å². The number of hydrogen-bond donors (Lipinski definition) is 1. The summed E-state index contributed by atoms with van der Waals surface area (Å²) >= 11 is 1.33. The summed E-state index contributed by atoms with van der Waals surface area (Å²) in [7, 11) is 0. The molecule has 2 atom stereocenters. The number of thiophene rings is 1. The molecule has 2 heterocycles. The van der Waals surface area contributed by atoms with Crippen molar-refractivity contribution in [3.8, 4) is 6.07 Å². The van der Waals surface area contributed by atoms with Gasteiger partial charge in [-0.05, 0) is 44.7 Å². The number of carbonyl (C=O) groups excluding carboxylic acids is 2. The fourth-order valence-corrected chi connectivity index (χ4v) is 3.43. The quantitative estimate of drug-likeness (QED) is 0.834. The Morgan fingerprint density at radius 2 is 2.39 bits per heavy atom. The van der Waals surface area contributed by atoms with Crippen LogP contribution in [0.15, 0.2) is 11.4 Å². The molecule has 1 aliphatic rings. The van der Waals surface area contributed by atoms with E-state index in [9.17, 15) is 9.59 Å². The molecule has 0 radical (unpaired) electrons. The maximum atomic E-state index is 12.4. The highest BCUT2D eigenvalue weighted by Crippen LogP contribution is 2.24. The molecule has 1 aromatic rings. The molecule has 0 aliphatic carbocycles. The van der Waals surface area contributed by atoms with Gasteiger partial charge in [0, 0.05) is 6.54 Å². The minimum atomic E-state index is -0.360. The average Bonchev–Trinajstić information content (AvgIpc) is 3.01. The Hall–Kier alpha value is -1.91. The molecule has 1 aliphatic heterocycles. The van der Waals surface area contributed by atoms with Crippen molar-refractivity contribution in [1.29, 1.82) is 5.26 Å². The molecule has 7 heteroatoms. The number of nitrogens with one attached hydrogen (secondary N) is 1. The number of anilines is 1. The van der Waals surface area contributed by atoms with E-state index in [1.165, 1.54) is 11.3 Å². The Morgan fingerprint density at radius 1 is 1.61 bits per heavy atom. The summed E-state index contributed by atoms with van der Waals surface area (Å²) in [6.07, 6.45) is 1.66. The summed E-state index contributed by atoms with van der Waals surface area (Å²) in [5.74, 6) is -0.515. The third-order valence-corrected chi connectivity index (χ3v) is 4.85. The van der Waals surface area contributed by atoms with Crippen LogP contribution in [0, 0.1) is 17.2 Å². The maximum Gasteiger partial charge on any atom is 0.310 e. The van der Waals surface area contributed by atoms with Crippen LogP contribution < -0.4 is 5.32 Å². The van der Waals surface area contributed by atoms with Crippen LogP contribution in [0.4, 0.5) is 5.00 Å². The van der Waals surface area contributed by atoms with Crippen LogP contribution in [0.1, 0.15) is 32.3 Å². The lowest BCUT2D eigenvalue weighted by Gasteiger charge is -2.34. The number of rotatable bonds is 5. The van der Waals surface area contributed by atoms with Gasteiger partial charge in [0.25, 0.3) is 0 Å². The van der Waals surface area contributed by atoms with Gasteiger partial charge in [0.15, 0.2) is 0 Å². The first kappa shape index (κ1) is 17.4. The van der Waals surface area contributed by atoms with E-state index >= 15 is 0 Å². The average molecular weight is 335 g/mol. The van der Waals surface area contributed by atoms with E-state index in [1.807, 2.05) is 11.8 Å². The molecule has 2 rings (SSSR count). The van der Waals surface area contributed by atoms with Gasteiger partial charge in [0.05, 0.1) is 24.1 Å². The summed E-state index contributed by atoms with van der Waals surface area (Å²) in [5.41, 5.74) is 0.471. The Balaban J connectivity index is 1.96. The summed E-state index contributed by atoms with van der Waals surface area (Å²) < 4.78 is 5.08. The first-order valence-corrected chi connectivity index (χ1v) is 8.64. The lowest BCUT2D eigenvalue weighted by molar-refractivity contribution is -0.150. The van der Waals surface area contributed by atoms with E-state index in [1.54, 1.807) is 18.4 Å². The molecule has 1 fully saturated rings. The predicted octanol–water partition coefficient (Wildman–Crippen LogP) is 2.22. The van der Waals surface area contributed by atoms with Crippen LogP contribution in [-0.2, 0) is 14.3 Å². The first-order valence-electron chi connectivity index (χ1n) is 7.76. The van der Waals surface area contributed by atoms with E-state index in [2.05, 4.69) is 11.4 Å². The second kappa shape index (κ2) is 8.09. The highest BCUT2D eigenvalue weighted by molar-refractivity contribution is 7.14. The van der Waals surface area contributed by atoms with Gasteiger partial charge in [-0.15, -0.1) is 11.3 Å². The standard InChI is InChI=1S/C16H21N3O3S/c1-3-22-16(21)13-5-4-7-19(10-13)11(2)14(20)18-15-12(9-17)6-8-23-15/h6,8,11,13H,3-5,7,10H2,1-2H3,(H,18,20)/t11-,13+/m0/s1. The zero-order chi connectivity index (χ0) is 16.8. The molecular formula is C16H21N3O3S. The van der Waals surface area contributed by atoms with Gasteiger partial charge in [-0.3, -0.25) is 14.5 Å². The second-order valence-corrected chi connectivity index (χ2v) is 6.44. The van der Waals surface area contributed by atoms with Crippen molar-refractivity contribution in [3.05, 3.63) is 17.0 Å². The number of ether oxygens (including phenoxy) is 1. The fraction of sp³-hybridized carbons (Fsp3) is 0.562. The minimum absolute atomic E-state index is 0.159. The molecule has 0 aromatic carbocycles. The van der Waals surface area contributed by atoms with Crippen LogP contribution in [0.3, 0.4) is 0 Å². The number of amides is 1. The molecule has 0 bridgehead atoms. The maximum absolute atomic E-state index is 12.4. The van der Waals surface area contributed by atoms with E-state index < -0.39 is 0 Å². The van der Waals surface area contributed by atoms with Crippen molar-refractivity contribution >= 4 is 28.2 Å². The second-order valence-electron chi connectivity index (χ2n) is 5.53. The van der Waals surface area contributed by atoms with Gasteiger partial charge in [-0.25, -0.2) is 0 Å². The van der Waals surface area contributed by atoms with Crippen molar-refractivity contribution in [2.24, 2.45) is 5.92 Å². The zero-order valence-electron chi connectivity index (χ0n) is 13.4. The molecule has 6 nitrogen and oxygen atoms in total. The van der Waals surface area contributed by atoms with E-state index in [-0.39, 0.29) is 23.8 Å². The minimum Gasteiger partial charge on any atom is -0.466 e. The van der Waals surface area contributed by atoms with Crippen molar-refractivity contribution in [1.82, 2.24) is 4.90 Å². The van der Waals surface area contributed by atoms with Gasteiger partial charge >= 0.3 is 5.97 Å². The van der Waals surface area contributed by atoms with Crippen molar-refractivity contribution in [3.63, 3.8) is 0 Å². The molecule has 23 heavy (non-hydrogen) atoms. The Labute approximate surface area is 140 Å². The third kappa shape index (κ3) is 4.30. The number of esters is 1. The van der Waals surface area contributed by atoms with Gasteiger partial charge < -0.3 is 10.1 Å². The van der Waals surface area contributed by atoms with E-state index in [4.69, 9.17) is 10.00 Å². The van der Waals surface area contributed by atoms with Crippen LogP contribution in [0.2, 0.25) is 0 Å². The predicted molar refractivity (Wildman–Crippen MR) is 88.1 cm³/mol. The molecule has 0 spiro atoms. The molecule has 1 N–H and O–H groups in total. The lowest BCUT2D eigenvalue weighted by Crippen LogP contribution is -2.48. The smallest absolute Gasteiger partial charge is 0.310 e. The normalized spacial score (nSPS) is 19.6. The fourth-order valence-electron chi connectivity index (χ4n) is 2.69. The SMILES string of the molecule is CCOC(=O)[C@@H]1CCCN([C@@H](C)C(=O)Nc2sccc2C#N)C1. The Bertz CT molecular complexity index is 608. The topological polar surface area (TPSA) is 82.4 Å². The molecule has 1 aromatic heterocycles. The largest absolute Gasteiger partial charge is 0.466 e. The molecule has 0 unspecified atom stereocenters. The third-order valence-electron chi connectivity index (χ3n) is 4.02. The van der Waals surface area contributed by atoms with Crippen LogP contribution in [0.25, 0.3) is 0 Å². The van der Waals surface area contributed by atoms with Crippen LogP contribution in [0.5, 0.6) is 0 Å². The molecule has 1 saturated heterocycles. The number of likely N-dealkylation sites (tertiary alicyclic amines) is 1. The number of carbonyl (C=O) groups is 2. The molecular weight excluding hydrogens is 314 g/mol. The highest BCUT2D eigenvalue weighted by atomic mass is 32.1. The summed E-state index contributed by atoms with van der Waals surface area (Å²) in [5, 5.41) is 14.2. The highest BCUT2D eigenvalue weighted by Gasteiger charge is 2.31. The van der Waals surface area contributed by atoms with Gasteiger partial charge in [-0.2, -0.15) is 5.26 Å². The molecule has 0 saturated carbocycles. The van der Waals surface area contributed by atoms with Crippen LogP contribution in [-0.4, -0.2) is 42.5 Å². The van der Waals surface area contributed by atoms with Gasteiger partial charge in [0.2, 0.25) is 5.91 Å². The number of nitrogens with zero attached hydrogens (tertiary/aromatic N) is 2. The van der Waals surface area contributed by atoms with E-state index in [0.29, 0.717) is 23.7 Å². The summed E-state index contributed by atoms with van der Waals surface area (Å²) in [4.78, 5) is 26.3. The summed E-state index contributed by atoms with van der Waals surface area (Å²) in [6.45, 7) is 5.30. The van der Waals surface area contributed by atoms with Crippen molar-refractivity contribution in [2.75, 3.05) is 25.0 Å². The van der Waals surface area contributed by atoms with Crippen molar-refractivity contribution in [2.45, 2.75) is 32.7 Å². The molecule has 124 valence electrons. The van der Waals surface area contributed by atoms with E-state index in [0.717, 1.165) is 19.4 Å². The number of nitriles is 1. The number of piperidine rings is 1. The first-order chi connectivity index (χ1) is 11.1. The zero-order valence-corrected chi connectivity index (χ0v) is 14.2. The van der Waals surface area contributed by atoms with Gasteiger partial charge in [0.1, 0.15) is 11.1 Å². The van der Waals surface area contributed by atoms with Crippen LogP contribution >= 0.6 is 11.3 Å². The summed E-state index contributed by atoms with van der Waals surface area (Å²) in [6, 6.07) is 3.38. The molecule has 1 amide bonds.